The van der Waals surface area contributed by atoms with Crippen LogP contribution in [0.1, 0.15) is 21.5 Å². The van der Waals surface area contributed by atoms with Crippen LogP contribution >= 0.6 is 0 Å². The maximum absolute atomic E-state index is 12.3. The minimum absolute atomic E-state index is 0.134. The highest BCUT2D eigenvalue weighted by molar-refractivity contribution is 6.03. The molecule has 0 spiro atoms. The van der Waals surface area contributed by atoms with Gasteiger partial charge in [-0.3, -0.25) is 9.48 Å². The summed E-state index contributed by atoms with van der Waals surface area (Å²) in [7, 11) is 0. The number of carbonyl (C=O) groups is 1. The number of aryl methyl sites for hydroxylation is 3. The Morgan fingerprint density at radius 2 is 1.96 bits per heavy atom. The fourth-order valence-corrected chi connectivity index (χ4v) is 3.02. The molecule has 0 bridgehead atoms. The topological polar surface area (TPSA) is 46.9 Å². The van der Waals surface area contributed by atoms with Gasteiger partial charge in [-0.25, -0.2) is 0 Å². The van der Waals surface area contributed by atoms with Crippen molar-refractivity contribution in [3.8, 4) is 11.3 Å². The van der Waals surface area contributed by atoms with Gasteiger partial charge in [0.15, 0.2) is 5.82 Å². The number of amides is 1. The fourth-order valence-electron chi connectivity index (χ4n) is 3.02. The number of fused-ring (bicyclic) bond motifs is 3. The number of hydrogen-bond donors (Lipinski definition) is 1. The summed E-state index contributed by atoms with van der Waals surface area (Å²) in [5, 5.41) is 7.42. The van der Waals surface area contributed by atoms with E-state index in [4.69, 9.17) is 0 Å². The van der Waals surface area contributed by atoms with E-state index < -0.39 is 0 Å². The number of hydrogen-bond acceptors (Lipinski definition) is 2. The average molecular weight is 303 g/mol. The Morgan fingerprint density at radius 1 is 1.13 bits per heavy atom. The maximum atomic E-state index is 12.3. The minimum Gasteiger partial charge on any atom is -0.305 e. The van der Waals surface area contributed by atoms with Crippen LogP contribution in [-0.2, 0) is 13.0 Å². The summed E-state index contributed by atoms with van der Waals surface area (Å²) in [5.41, 5.74) is 5.48. The second-order valence-corrected chi connectivity index (χ2v) is 5.87. The number of rotatable bonds is 2. The molecule has 4 heteroatoms. The summed E-state index contributed by atoms with van der Waals surface area (Å²) in [6, 6.07) is 17.7. The van der Waals surface area contributed by atoms with Crippen LogP contribution in [0.3, 0.4) is 0 Å². The Kier molecular flexibility index (Phi) is 3.23. The van der Waals surface area contributed by atoms with Gasteiger partial charge in [0.25, 0.3) is 5.91 Å². The predicted molar refractivity (Wildman–Crippen MR) is 90.5 cm³/mol. The van der Waals surface area contributed by atoms with Crippen LogP contribution in [0, 0.1) is 6.92 Å². The smallest absolute Gasteiger partial charge is 0.256 e. The van der Waals surface area contributed by atoms with Crippen molar-refractivity contribution < 1.29 is 4.79 Å². The Balaban J connectivity index is 1.66. The third-order valence-electron chi connectivity index (χ3n) is 4.19. The Bertz CT molecular complexity index is 881. The number of carbonyl (C=O) groups excluding carboxylic acids is 1. The molecule has 0 saturated carbocycles. The highest BCUT2D eigenvalue weighted by Crippen LogP contribution is 2.31. The molecule has 2 aromatic carbocycles. The average Bonchev–Trinajstić information content (AvgIpc) is 2.98. The molecule has 0 aliphatic carbocycles. The van der Waals surface area contributed by atoms with Crippen molar-refractivity contribution in [1.29, 1.82) is 0 Å². The van der Waals surface area contributed by atoms with Gasteiger partial charge in [0.1, 0.15) is 0 Å². The molecule has 0 fully saturated rings. The minimum atomic E-state index is -0.134. The van der Waals surface area contributed by atoms with Crippen molar-refractivity contribution in [2.75, 3.05) is 5.32 Å². The van der Waals surface area contributed by atoms with Crippen molar-refractivity contribution >= 4 is 11.7 Å². The van der Waals surface area contributed by atoms with Crippen molar-refractivity contribution in [2.45, 2.75) is 19.9 Å². The largest absolute Gasteiger partial charge is 0.305 e. The van der Waals surface area contributed by atoms with Gasteiger partial charge in [-0.15, -0.1) is 0 Å². The van der Waals surface area contributed by atoms with E-state index in [0.29, 0.717) is 11.4 Å². The fraction of sp³-hybridized carbons (Fsp3) is 0.158. The first-order chi connectivity index (χ1) is 11.2. The molecule has 1 aliphatic rings. The predicted octanol–water partition coefficient (Wildman–Crippen LogP) is 3.67. The Labute approximate surface area is 134 Å². The maximum Gasteiger partial charge on any atom is 0.256 e. The van der Waals surface area contributed by atoms with Crippen LogP contribution in [0.5, 0.6) is 0 Å². The molecule has 1 aromatic heterocycles. The lowest BCUT2D eigenvalue weighted by atomic mass is 9.97. The Morgan fingerprint density at radius 3 is 2.78 bits per heavy atom. The van der Waals surface area contributed by atoms with Gasteiger partial charge < -0.3 is 5.32 Å². The van der Waals surface area contributed by atoms with Crippen LogP contribution in [-0.4, -0.2) is 15.7 Å². The molecule has 114 valence electrons. The zero-order chi connectivity index (χ0) is 15.8. The summed E-state index contributed by atoms with van der Waals surface area (Å²) in [6.45, 7) is 2.93. The molecule has 2 heterocycles. The second kappa shape index (κ2) is 5.39. The van der Waals surface area contributed by atoms with Gasteiger partial charge in [-0.05, 0) is 37.1 Å². The monoisotopic (exact) mass is 303 g/mol. The highest BCUT2D eigenvalue weighted by atomic mass is 16.1. The van der Waals surface area contributed by atoms with Gasteiger partial charge in [0.2, 0.25) is 0 Å². The molecule has 0 atom stereocenters. The van der Waals surface area contributed by atoms with Gasteiger partial charge in [0.05, 0.1) is 5.69 Å². The molecule has 3 aromatic rings. The van der Waals surface area contributed by atoms with Crippen LogP contribution < -0.4 is 5.32 Å². The van der Waals surface area contributed by atoms with Gasteiger partial charge in [-0.1, -0.05) is 35.9 Å². The number of nitrogens with one attached hydrogen (secondary N) is 1. The van der Waals surface area contributed by atoms with Crippen molar-refractivity contribution in [2.24, 2.45) is 0 Å². The van der Waals surface area contributed by atoms with Crippen molar-refractivity contribution in [3.05, 3.63) is 71.3 Å². The first kappa shape index (κ1) is 13.8. The van der Waals surface area contributed by atoms with Gasteiger partial charge >= 0.3 is 0 Å². The molecule has 1 N–H and O–H groups in total. The molecule has 1 amide bonds. The van der Waals surface area contributed by atoms with E-state index in [0.717, 1.165) is 18.7 Å². The number of aromatic nitrogens is 2. The Hall–Kier alpha value is -2.88. The van der Waals surface area contributed by atoms with E-state index in [1.807, 2.05) is 28.9 Å². The van der Waals surface area contributed by atoms with E-state index >= 15 is 0 Å². The number of anilines is 1. The van der Waals surface area contributed by atoms with Crippen molar-refractivity contribution in [1.82, 2.24) is 9.78 Å². The third-order valence-corrected chi connectivity index (χ3v) is 4.19. The summed E-state index contributed by atoms with van der Waals surface area (Å²) in [6.07, 6.45) is 0.969. The van der Waals surface area contributed by atoms with Crippen LogP contribution in [0.15, 0.2) is 54.6 Å². The van der Waals surface area contributed by atoms with Gasteiger partial charge in [-0.2, -0.15) is 5.10 Å². The molecule has 4 rings (SSSR count). The molecule has 0 saturated heterocycles. The molecular formula is C19H17N3O. The van der Waals surface area contributed by atoms with E-state index in [1.165, 1.54) is 16.7 Å². The lowest BCUT2D eigenvalue weighted by Crippen LogP contribution is -2.14. The van der Waals surface area contributed by atoms with Gasteiger partial charge in [0, 0.05) is 23.7 Å². The SMILES string of the molecule is Cc1ccc2c(c1)-c1cc(NC(=O)c3ccccc3)nn1CC2. The van der Waals surface area contributed by atoms with E-state index in [2.05, 4.69) is 35.5 Å². The van der Waals surface area contributed by atoms with E-state index in [1.54, 1.807) is 12.1 Å². The second-order valence-electron chi connectivity index (χ2n) is 5.87. The molecule has 1 aliphatic heterocycles. The normalized spacial score (nSPS) is 12.4. The van der Waals surface area contributed by atoms with Crippen LogP contribution in [0.25, 0.3) is 11.3 Å². The first-order valence-electron chi connectivity index (χ1n) is 7.75. The standard InChI is InChI=1S/C19H17N3O/c1-13-7-8-14-9-10-22-17(16(14)11-13)12-18(21-22)20-19(23)15-5-3-2-4-6-15/h2-8,11-12H,9-10H2,1H3,(H,20,21,23). The van der Waals surface area contributed by atoms with Crippen molar-refractivity contribution in [3.63, 3.8) is 0 Å². The molecule has 23 heavy (non-hydrogen) atoms. The summed E-state index contributed by atoms with van der Waals surface area (Å²) in [4.78, 5) is 12.3. The zero-order valence-electron chi connectivity index (χ0n) is 12.9. The third kappa shape index (κ3) is 2.52. The lowest BCUT2D eigenvalue weighted by molar-refractivity contribution is 0.102. The lowest BCUT2D eigenvalue weighted by Gasteiger charge is -2.18. The first-order valence-corrected chi connectivity index (χ1v) is 7.75. The summed E-state index contributed by atoms with van der Waals surface area (Å²) < 4.78 is 1.97. The molecule has 0 radical (unpaired) electrons. The molecule has 4 nitrogen and oxygen atoms in total. The molecular weight excluding hydrogens is 286 g/mol. The van der Waals surface area contributed by atoms with E-state index in [-0.39, 0.29) is 5.91 Å². The van der Waals surface area contributed by atoms with Crippen LogP contribution in [0.4, 0.5) is 5.82 Å². The summed E-state index contributed by atoms with van der Waals surface area (Å²) in [5.74, 6) is 0.466. The van der Waals surface area contributed by atoms with Crippen LogP contribution in [0.2, 0.25) is 0 Å². The zero-order valence-corrected chi connectivity index (χ0v) is 12.9. The quantitative estimate of drug-likeness (QED) is 0.785. The van der Waals surface area contributed by atoms with E-state index in [9.17, 15) is 4.79 Å². The number of nitrogens with zero attached hydrogens (tertiary/aromatic N) is 2. The number of benzene rings is 2. The highest BCUT2D eigenvalue weighted by Gasteiger charge is 2.19. The summed E-state index contributed by atoms with van der Waals surface area (Å²) >= 11 is 0. The molecule has 0 unspecified atom stereocenters.